The van der Waals surface area contributed by atoms with Crippen LogP contribution in [0.5, 0.6) is 0 Å². The van der Waals surface area contributed by atoms with Crippen molar-refractivity contribution in [3.8, 4) is 0 Å². The summed E-state index contributed by atoms with van der Waals surface area (Å²) in [4.78, 5) is 47.8. The van der Waals surface area contributed by atoms with Gasteiger partial charge in [-0.3, -0.25) is 19.2 Å². The predicted molar refractivity (Wildman–Crippen MR) is 111 cm³/mol. The van der Waals surface area contributed by atoms with Gasteiger partial charge in [0.15, 0.2) is 0 Å². The van der Waals surface area contributed by atoms with Crippen LogP contribution in [0.4, 0.5) is 0 Å². The molecule has 0 heterocycles. The summed E-state index contributed by atoms with van der Waals surface area (Å²) in [5, 5.41) is 5.13. The average molecular weight is 422 g/mol. The average Bonchev–Trinajstić information content (AvgIpc) is 2.75. The molecule has 0 saturated heterocycles. The molecular weight excluding hydrogens is 392 g/mol. The first kappa shape index (κ1) is 25.0. The molecular formula is C18H30N8O4. The van der Waals surface area contributed by atoms with E-state index in [2.05, 4.69) is 10.6 Å². The molecule has 1 aromatic carbocycles. The van der Waals surface area contributed by atoms with Gasteiger partial charge in [0.05, 0.1) is 10.8 Å². The largest absolute Gasteiger partial charge is 0.369 e. The van der Waals surface area contributed by atoms with E-state index in [9.17, 15) is 19.2 Å². The van der Waals surface area contributed by atoms with Gasteiger partial charge in [-0.05, 0) is 24.3 Å². The Morgan fingerprint density at radius 1 is 0.633 bits per heavy atom. The highest BCUT2D eigenvalue weighted by Crippen LogP contribution is 2.13. The summed E-state index contributed by atoms with van der Waals surface area (Å²) < 4.78 is 0. The van der Waals surface area contributed by atoms with Crippen LogP contribution < -0.4 is 45.0 Å². The van der Waals surface area contributed by atoms with E-state index >= 15 is 0 Å². The summed E-state index contributed by atoms with van der Waals surface area (Å²) >= 11 is 0. The van der Waals surface area contributed by atoms with Gasteiger partial charge in [-0.2, -0.15) is 0 Å². The van der Waals surface area contributed by atoms with Gasteiger partial charge in [0, 0.05) is 50.4 Å². The second-order valence-corrected chi connectivity index (χ2v) is 7.05. The zero-order valence-electron chi connectivity index (χ0n) is 16.6. The van der Waals surface area contributed by atoms with Gasteiger partial charge >= 0.3 is 0 Å². The molecule has 166 valence electrons. The fraction of sp³-hybridized carbons (Fsp3) is 0.444. The fourth-order valence-corrected chi connectivity index (χ4v) is 2.51. The Morgan fingerprint density at radius 2 is 0.900 bits per heavy atom. The lowest BCUT2D eigenvalue weighted by molar-refractivity contribution is -0.127. The number of carbonyl (C=O) groups is 4. The lowest BCUT2D eigenvalue weighted by Crippen LogP contribution is -2.55. The molecule has 0 radical (unpaired) electrons. The first-order chi connectivity index (χ1) is 14.1. The highest BCUT2D eigenvalue weighted by molar-refractivity contribution is 5.98. The quantitative estimate of drug-likeness (QED) is 0.164. The Bertz CT molecular complexity index is 708. The normalized spacial score (nSPS) is 11.6. The van der Waals surface area contributed by atoms with Crippen molar-refractivity contribution in [2.24, 2.45) is 45.2 Å². The van der Waals surface area contributed by atoms with E-state index in [1.54, 1.807) is 0 Å². The lowest BCUT2D eigenvalue weighted by atomic mass is 9.87. The maximum atomic E-state index is 12.3. The SMILES string of the molecule is NCC(CN)(CNC(=O)c1ccc(C(=O)NCC(CN)(CN)C(N)=O)cc1)C(N)=O. The molecule has 0 aliphatic carbocycles. The van der Waals surface area contributed by atoms with Gasteiger partial charge < -0.3 is 45.0 Å². The third kappa shape index (κ3) is 5.51. The predicted octanol–water partition coefficient (Wildman–Crippen LogP) is -4.08. The molecule has 4 amide bonds. The number of rotatable bonds is 12. The van der Waals surface area contributed by atoms with Gasteiger partial charge in [0.2, 0.25) is 11.8 Å². The minimum absolute atomic E-state index is 0.114. The van der Waals surface area contributed by atoms with E-state index < -0.39 is 34.5 Å². The van der Waals surface area contributed by atoms with Crippen molar-refractivity contribution in [1.82, 2.24) is 10.6 Å². The zero-order chi connectivity index (χ0) is 22.9. The maximum Gasteiger partial charge on any atom is 0.251 e. The second kappa shape index (κ2) is 10.6. The van der Waals surface area contributed by atoms with Crippen molar-refractivity contribution in [1.29, 1.82) is 0 Å². The van der Waals surface area contributed by atoms with E-state index in [1.165, 1.54) is 24.3 Å². The monoisotopic (exact) mass is 422 g/mol. The van der Waals surface area contributed by atoms with Crippen molar-refractivity contribution < 1.29 is 19.2 Å². The molecule has 1 aromatic rings. The Morgan fingerprint density at radius 3 is 1.10 bits per heavy atom. The van der Waals surface area contributed by atoms with Crippen LogP contribution in [0, 0.1) is 10.8 Å². The van der Waals surface area contributed by atoms with Crippen LogP contribution in [0.3, 0.4) is 0 Å². The third-order valence-electron chi connectivity index (χ3n) is 5.19. The summed E-state index contributed by atoms with van der Waals surface area (Å²) in [6, 6.07) is 5.70. The Hall–Kier alpha value is -3.06. The zero-order valence-corrected chi connectivity index (χ0v) is 16.6. The summed E-state index contributed by atoms with van der Waals surface area (Å²) in [6.07, 6.45) is 0. The number of hydrogen-bond donors (Lipinski definition) is 8. The molecule has 12 heteroatoms. The molecule has 0 saturated carbocycles. The molecule has 0 bridgehead atoms. The van der Waals surface area contributed by atoms with Crippen molar-refractivity contribution in [3.63, 3.8) is 0 Å². The van der Waals surface area contributed by atoms with Crippen LogP contribution in [0.25, 0.3) is 0 Å². The third-order valence-corrected chi connectivity index (χ3v) is 5.19. The van der Waals surface area contributed by atoms with E-state index in [-0.39, 0.29) is 50.4 Å². The summed E-state index contributed by atoms with van der Waals surface area (Å²) in [7, 11) is 0. The molecule has 14 N–H and O–H groups in total. The van der Waals surface area contributed by atoms with Gasteiger partial charge in [0.25, 0.3) is 11.8 Å². The fourth-order valence-electron chi connectivity index (χ4n) is 2.51. The van der Waals surface area contributed by atoms with Crippen molar-refractivity contribution in [2.75, 3.05) is 39.3 Å². The molecule has 0 atom stereocenters. The number of nitrogens with one attached hydrogen (secondary N) is 2. The standard InChI is InChI=1S/C18H30N8O4/c19-5-17(6-20,15(23)29)9-25-13(27)11-1-2-12(4-3-11)14(28)26-10-18(7-21,8-22)16(24)30/h1-4H,5-10,19-22H2,(H2,23,29)(H2,24,30)(H,25,27)(H,26,28). The van der Waals surface area contributed by atoms with Crippen LogP contribution in [-0.4, -0.2) is 62.9 Å². The number of primary amides is 2. The minimum Gasteiger partial charge on any atom is -0.369 e. The smallest absolute Gasteiger partial charge is 0.251 e. The molecule has 0 aliphatic rings. The topological polar surface area (TPSA) is 248 Å². The van der Waals surface area contributed by atoms with Crippen LogP contribution in [0.15, 0.2) is 24.3 Å². The minimum atomic E-state index is -1.24. The number of benzene rings is 1. The van der Waals surface area contributed by atoms with Crippen molar-refractivity contribution in [3.05, 3.63) is 35.4 Å². The summed E-state index contributed by atoms with van der Waals surface area (Å²) in [5.41, 5.74) is 31.0. The van der Waals surface area contributed by atoms with Gasteiger partial charge in [-0.25, -0.2) is 0 Å². The van der Waals surface area contributed by atoms with Crippen LogP contribution in [-0.2, 0) is 9.59 Å². The van der Waals surface area contributed by atoms with Gasteiger partial charge in [-0.1, -0.05) is 0 Å². The summed E-state index contributed by atoms with van der Waals surface area (Å²) in [5.74, 6) is -2.40. The summed E-state index contributed by atoms with van der Waals surface area (Å²) in [6.45, 7) is -0.700. The molecule has 0 aliphatic heterocycles. The molecule has 0 fully saturated rings. The van der Waals surface area contributed by atoms with Crippen molar-refractivity contribution in [2.45, 2.75) is 0 Å². The molecule has 12 nitrogen and oxygen atoms in total. The van der Waals surface area contributed by atoms with Crippen LogP contribution in [0.1, 0.15) is 20.7 Å². The lowest BCUT2D eigenvalue weighted by Gasteiger charge is -2.27. The van der Waals surface area contributed by atoms with Gasteiger partial charge in [0.1, 0.15) is 0 Å². The number of nitrogens with two attached hydrogens (primary N) is 6. The van der Waals surface area contributed by atoms with Crippen LogP contribution in [0.2, 0.25) is 0 Å². The van der Waals surface area contributed by atoms with E-state index in [0.29, 0.717) is 0 Å². The van der Waals surface area contributed by atoms with Crippen LogP contribution >= 0.6 is 0 Å². The highest BCUT2D eigenvalue weighted by atomic mass is 16.2. The number of hydrogen-bond acceptors (Lipinski definition) is 8. The molecule has 0 unspecified atom stereocenters. The molecule has 0 spiro atoms. The number of amides is 4. The first-order valence-corrected chi connectivity index (χ1v) is 9.18. The second-order valence-electron chi connectivity index (χ2n) is 7.05. The Kier molecular flexibility index (Phi) is 8.86. The van der Waals surface area contributed by atoms with E-state index in [4.69, 9.17) is 34.4 Å². The molecule has 30 heavy (non-hydrogen) atoms. The number of carbonyl (C=O) groups excluding carboxylic acids is 4. The van der Waals surface area contributed by atoms with E-state index in [1.807, 2.05) is 0 Å². The molecule has 0 aromatic heterocycles. The van der Waals surface area contributed by atoms with Gasteiger partial charge in [-0.15, -0.1) is 0 Å². The maximum absolute atomic E-state index is 12.3. The Balaban J connectivity index is 2.78. The highest BCUT2D eigenvalue weighted by Gasteiger charge is 2.35. The van der Waals surface area contributed by atoms with E-state index in [0.717, 1.165) is 0 Å². The Labute approximate surface area is 174 Å². The van der Waals surface area contributed by atoms with Crippen molar-refractivity contribution >= 4 is 23.6 Å². The first-order valence-electron chi connectivity index (χ1n) is 9.18. The molecule has 1 rings (SSSR count).